The van der Waals surface area contributed by atoms with E-state index in [0.717, 1.165) is 43.2 Å². The molecule has 6 nitrogen and oxygen atoms in total. The largest absolute Gasteiger partial charge is 0.337 e. The summed E-state index contributed by atoms with van der Waals surface area (Å²) in [5.41, 5.74) is 0.509. The topological polar surface area (TPSA) is 83.6 Å². The molecule has 0 saturated heterocycles. The average Bonchev–Trinajstić information content (AvgIpc) is 3.28. The Labute approximate surface area is 158 Å². The number of amides is 1. The molecule has 0 spiro atoms. The molecule has 1 aliphatic carbocycles. The number of aromatic nitrogens is 3. The Balaban J connectivity index is 1.61. The third-order valence-electron chi connectivity index (χ3n) is 4.70. The summed E-state index contributed by atoms with van der Waals surface area (Å²) in [4.78, 5) is 12.3. The summed E-state index contributed by atoms with van der Waals surface area (Å²) in [5.74, 6) is 1.02. The summed E-state index contributed by atoms with van der Waals surface area (Å²) in [6, 6.07) is 12.4. The van der Waals surface area contributed by atoms with Crippen molar-refractivity contribution in [1.29, 1.82) is 5.26 Å². The third-order valence-corrected chi connectivity index (χ3v) is 5.66. The monoisotopic (exact) mass is 369 g/mol. The van der Waals surface area contributed by atoms with E-state index < -0.39 is 5.54 Å². The normalized spacial score (nSPS) is 15.5. The number of nitrogens with one attached hydrogen (secondary N) is 1. The zero-order valence-corrected chi connectivity index (χ0v) is 15.8. The molecular formula is C19H23N5OS. The first-order chi connectivity index (χ1) is 12.7. The smallest absolute Gasteiger partial charge is 0.231 e. The maximum Gasteiger partial charge on any atom is 0.231 e. The number of thioether (sulfide) groups is 1. The quantitative estimate of drug-likeness (QED) is 0.759. The number of hydrogen-bond acceptors (Lipinski definition) is 5. The second kappa shape index (κ2) is 8.37. The molecule has 0 bridgehead atoms. The van der Waals surface area contributed by atoms with Gasteiger partial charge in [-0.25, -0.2) is 0 Å². The summed E-state index contributed by atoms with van der Waals surface area (Å²) >= 11 is 1.37. The van der Waals surface area contributed by atoms with Crippen molar-refractivity contribution in [2.45, 2.75) is 56.3 Å². The Morgan fingerprint density at radius 1 is 1.31 bits per heavy atom. The molecule has 1 saturated carbocycles. The van der Waals surface area contributed by atoms with Gasteiger partial charge in [0.15, 0.2) is 5.16 Å². The highest BCUT2D eigenvalue weighted by Crippen LogP contribution is 2.29. The van der Waals surface area contributed by atoms with Crippen LogP contribution in [0, 0.1) is 11.3 Å². The molecule has 0 radical (unpaired) electrons. The summed E-state index contributed by atoms with van der Waals surface area (Å²) in [6.07, 6.45) is 4.19. The number of carbonyl (C=O) groups is 1. The van der Waals surface area contributed by atoms with E-state index in [4.69, 9.17) is 0 Å². The molecule has 0 atom stereocenters. The van der Waals surface area contributed by atoms with E-state index in [-0.39, 0.29) is 11.7 Å². The van der Waals surface area contributed by atoms with Gasteiger partial charge < -0.3 is 9.88 Å². The van der Waals surface area contributed by atoms with Crippen molar-refractivity contribution in [3.63, 3.8) is 0 Å². The van der Waals surface area contributed by atoms with E-state index in [1.54, 1.807) is 0 Å². The molecule has 136 valence electrons. The van der Waals surface area contributed by atoms with E-state index in [0.29, 0.717) is 6.42 Å². The van der Waals surface area contributed by atoms with Crippen LogP contribution in [0.25, 0.3) is 0 Å². The van der Waals surface area contributed by atoms with Crippen LogP contribution in [0.2, 0.25) is 0 Å². The number of nitrogens with zero attached hydrogens (tertiary/aromatic N) is 4. The fourth-order valence-corrected chi connectivity index (χ4v) is 4.15. The van der Waals surface area contributed by atoms with Crippen LogP contribution in [0.3, 0.4) is 0 Å². The minimum absolute atomic E-state index is 0.117. The number of benzene rings is 1. The van der Waals surface area contributed by atoms with Gasteiger partial charge in [0.2, 0.25) is 5.91 Å². The van der Waals surface area contributed by atoms with Crippen LogP contribution in [-0.4, -0.2) is 32.0 Å². The fourth-order valence-electron chi connectivity index (χ4n) is 3.33. The van der Waals surface area contributed by atoms with E-state index in [1.807, 2.05) is 29.7 Å². The molecule has 26 heavy (non-hydrogen) atoms. The Morgan fingerprint density at radius 2 is 2.04 bits per heavy atom. The maximum absolute atomic E-state index is 12.3. The molecule has 1 aliphatic rings. The molecule has 1 heterocycles. The molecular weight excluding hydrogens is 346 g/mol. The minimum Gasteiger partial charge on any atom is -0.337 e. The van der Waals surface area contributed by atoms with Gasteiger partial charge in [-0.05, 0) is 38.2 Å². The van der Waals surface area contributed by atoms with Crippen LogP contribution in [-0.2, 0) is 17.8 Å². The second-order valence-electron chi connectivity index (χ2n) is 6.54. The molecule has 3 rings (SSSR count). The standard InChI is InChI=1S/C19H23N5OS/c1-2-24-16(12-15-8-4-3-5-9-15)22-23-18(24)26-13-17(25)21-19(14-20)10-6-7-11-19/h3-5,8-9H,2,6-7,10-13H2,1H3,(H,21,25). The lowest BCUT2D eigenvalue weighted by Crippen LogP contribution is -2.45. The summed E-state index contributed by atoms with van der Waals surface area (Å²) in [7, 11) is 0. The van der Waals surface area contributed by atoms with E-state index in [9.17, 15) is 10.1 Å². The molecule has 1 N–H and O–H groups in total. The van der Waals surface area contributed by atoms with Crippen LogP contribution >= 0.6 is 11.8 Å². The molecule has 1 amide bonds. The van der Waals surface area contributed by atoms with Crippen molar-refractivity contribution in [1.82, 2.24) is 20.1 Å². The van der Waals surface area contributed by atoms with Crippen LogP contribution in [0.15, 0.2) is 35.5 Å². The molecule has 0 aliphatic heterocycles. The molecule has 2 aromatic rings. The molecule has 1 aromatic heterocycles. The first kappa shape index (κ1) is 18.5. The molecule has 0 unspecified atom stereocenters. The molecule has 1 fully saturated rings. The summed E-state index contributed by atoms with van der Waals surface area (Å²) in [6.45, 7) is 2.80. The zero-order valence-electron chi connectivity index (χ0n) is 14.9. The number of hydrogen-bond donors (Lipinski definition) is 1. The molecule has 1 aromatic carbocycles. The van der Waals surface area contributed by atoms with Crippen molar-refractivity contribution in [3.05, 3.63) is 41.7 Å². The Bertz CT molecular complexity index is 790. The summed E-state index contributed by atoms with van der Waals surface area (Å²) in [5, 5.41) is 21.6. The lowest BCUT2D eigenvalue weighted by Gasteiger charge is -2.21. The predicted octanol–water partition coefficient (Wildman–Crippen LogP) is 2.93. The van der Waals surface area contributed by atoms with Gasteiger partial charge in [0.1, 0.15) is 11.4 Å². The minimum atomic E-state index is -0.672. The highest BCUT2D eigenvalue weighted by atomic mass is 32.2. The van der Waals surface area contributed by atoms with Gasteiger partial charge in [0.25, 0.3) is 0 Å². The lowest BCUT2D eigenvalue weighted by atomic mass is 10.0. The van der Waals surface area contributed by atoms with Gasteiger partial charge in [0.05, 0.1) is 11.8 Å². The van der Waals surface area contributed by atoms with E-state index >= 15 is 0 Å². The number of nitriles is 1. The molecule has 7 heteroatoms. The first-order valence-electron chi connectivity index (χ1n) is 8.97. The number of rotatable bonds is 7. The van der Waals surface area contributed by atoms with E-state index in [2.05, 4.69) is 33.7 Å². The number of carbonyl (C=O) groups excluding carboxylic acids is 1. The summed E-state index contributed by atoms with van der Waals surface area (Å²) < 4.78 is 2.04. The highest BCUT2D eigenvalue weighted by molar-refractivity contribution is 7.99. The predicted molar refractivity (Wildman–Crippen MR) is 101 cm³/mol. The average molecular weight is 369 g/mol. The van der Waals surface area contributed by atoms with Crippen molar-refractivity contribution in [2.75, 3.05) is 5.75 Å². The van der Waals surface area contributed by atoms with Gasteiger partial charge in [-0.2, -0.15) is 5.26 Å². The van der Waals surface area contributed by atoms with Crippen LogP contribution < -0.4 is 5.32 Å². The zero-order chi connectivity index (χ0) is 18.4. The van der Waals surface area contributed by atoms with Gasteiger partial charge in [-0.1, -0.05) is 42.1 Å². The third kappa shape index (κ3) is 4.25. The van der Waals surface area contributed by atoms with Crippen molar-refractivity contribution < 1.29 is 4.79 Å². The van der Waals surface area contributed by atoms with Crippen LogP contribution in [0.1, 0.15) is 44.0 Å². The lowest BCUT2D eigenvalue weighted by molar-refractivity contribution is -0.119. The Kier molecular flexibility index (Phi) is 5.94. The van der Waals surface area contributed by atoms with Crippen molar-refractivity contribution >= 4 is 17.7 Å². The Morgan fingerprint density at radius 3 is 2.69 bits per heavy atom. The van der Waals surface area contributed by atoms with Crippen molar-refractivity contribution in [2.24, 2.45) is 0 Å². The van der Waals surface area contributed by atoms with Gasteiger partial charge in [0, 0.05) is 13.0 Å². The van der Waals surface area contributed by atoms with Gasteiger partial charge >= 0.3 is 0 Å². The maximum atomic E-state index is 12.3. The van der Waals surface area contributed by atoms with Crippen LogP contribution in [0.4, 0.5) is 0 Å². The highest BCUT2D eigenvalue weighted by Gasteiger charge is 2.35. The van der Waals surface area contributed by atoms with Crippen molar-refractivity contribution in [3.8, 4) is 6.07 Å². The van der Waals surface area contributed by atoms with Crippen LogP contribution in [0.5, 0.6) is 0 Å². The van der Waals surface area contributed by atoms with Gasteiger partial charge in [-0.3, -0.25) is 4.79 Å². The van der Waals surface area contributed by atoms with E-state index in [1.165, 1.54) is 17.3 Å². The SMILES string of the molecule is CCn1c(Cc2ccccc2)nnc1SCC(=O)NC1(C#N)CCCC1. The fraction of sp³-hybridized carbons (Fsp3) is 0.474. The second-order valence-corrected chi connectivity index (χ2v) is 7.49. The first-order valence-corrected chi connectivity index (χ1v) is 9.95. The Hall–Kier alpha value is -2.33. The van der Waals surface area contributed by atoms with Gasteiger partial charge in [-0.15, -0.1) is 10.2 Å².